The van der Waals surface area contributed by atoms with Crippen molar-refractivity contribution in [1.82, 2.24) is 9.97 Å². The molecule has 0 atom stereocenters. The number of benzene rings is 1. The molecule has 1 aromatic heterocycles. The average Bonchev–Trinajstić information content (AvgIpc) is 2.46. The zero-order valence-electron chi connectivity index (χ0n) is 11.6. The molecule has 1 heterocycles. The summed E-state index contributed by atoms with van der Waals surface area (Å²) in [6, 6.07) is 9.47. The lowest BCUT2D eigenvalue weighted by Crippen LogP contribution is -2.01. The van der Waals surface area contributed by atoms with E-state index in [1.54, 1.807) is 20.2 Å². The Morgan fingerprint density at radius 3 is 2.60 bits per heavy atom. The second kappa shape index (κ2) is 6.72. The highest BCUT2D eigenvalue weighted by atomic mass is 16.5. The van der Waals surface area contributed by atoms with Gasteiger partial charge in [-0.05, 0) is 24.1 Å². The van der Waals surface area contributed by atoms with Crippen molar-refractivity contribution in [1.29, 1.82) is 0 Å². The molecule has 2 aromatic rings. The summed E-state index contributed by atoms with van der Waals surface area (Å²) in [5, 5.41) is 2.90. The molecular formula is C14H18N4O2. The summed E-state index contributed by atoms with van der Waals surface area (Å²) in [5.74, 6) is 1.89. The zero-order chi connectivity index (χ0) is 14.4. The number of nitrogens with one attached hydrogen (secondary N) is 1. The normalized spacial score (nSPS) is 10.3. The van der Waals surface area contributed by atoms with Gasteiger partial charge >= 0.3 is 0 Å². The van der Waals surface area contributed by atoms with Crippen LogP contribution < -0.4 is 15.8 Å². The Kier molecular flexibility index (Phi) is 4.73. The first kappa shape index (κ1) is 14.1. The number of rotatable bonds is 6. The number of ether oxygens (including phenoxy) is 2. The van der Waals surface area contributed by atoms with Crippen LogP contribution in [0.3, 0.4) is 0 Å². The third-order valence-electron chi connectivity index (χ3n) is 2.72. The summed E-state index contributed by atoms with van der Waals surface area (Å²) in [6.45, 7) is 0.703. The summed E-state index contributed by atoms with van der Waals surface area (Å²) in [5.41, 5.74) is 6.80. The number of hydrogen-bond donors (Lipinski definition) is 2. The fourth-order valence-electron chi connectivity index (χ4n) is 1.69. The SMILES string of the molecule is CNc1cc(Oc2ccc(CCOC)cc2)nc(N)n1. The Balaban J connectivity index is 2.07. The van der Waals surface area contributed by atoms with Gasteiger partial charge in [0.15, 0.2) is 0 Å². The Morgan fingerprint density at radius 2 is 1.95 bits per heavy atom. The number of anilines is 2. The molecule has 0 aliphatic heterocycles. The second-order valence-electron chi connectivity index (χ2n) is 4.19. The van der Waals surface area contributed by atoms with Gasteiger partial charge in [-0.3, -0.25) is 0 Å². The van der Waals surface area contributed by atoms with Gasteiger partial charge in [0.25, 0.3) is 0 Å². The average molecular weight is 274 g/mol. The van der Waals surface area contributed by atoms with Gasteiger partial charge in [0.2, 0.25) is 11.8 Å². The van der Waals surface area contributed by atoms with Gasteiger partial charge in [0.05, 0.1) is 6.61 Å². The number of methoxy groups -OCH3 is 1. The predicted octanol–water partition coefficient (Wildman–Crippen LogP) is 2.08. The molecule has 2 rings (SSSR count). The first-order chi connectivity index (χ1) is 9.71. The van der Waals surface area contributed by atoms with Gasteiger partial charge < -0.3 is 20.5 Å². The molecule has 0 radical (unpaired) electrons. The summed E-state index contributed by atoms with van der Waals surface area (Å²) < 4.78 is 10.7. The van der Waals surface area contributed by atoms with E-state index in [0.717, 1.165) is 6.42 Å². The molecule has 0 aliphatic rings. The topological polar surface area (TPSA) is 82.3 Å². The Bertz CT molecular complexity index is 558. The highest BCUT2D eigenvalue weighted by Crippen LogP contribution is 2.22. The Morgan fingerprint density at radius 1 is 1.20 bits per heavy atom. The van der Waals surface area contributed by atoms with Gasteiger partial charge in [-0.15, -0.1) is 0 Å². The van der Waals surface area contributed by atoms with E-state index >= 15 is 0 Å². The Hall–Kier alpha value is -2.34. The van der Waals surface area contributed by atoms with Crippen molar-refractivity contribution in [3.63, 3.8) is 0 Å². The van der Waals surface area contributed by atoms with Gasteiger partial charge in [-0.1, -0.05) is 12.1 Å². The minimum absolute atomic E-state index is 0.170. The van der Waals surface area contributed by atoms with Crippen molar-refractivity contribution in [2.45, 2.75) is 6.42 Å². The molecular weight excluding hydrogens is 256 g/mol. The largest absolute Gasteiger partial charge is 0.439 e. The van der Waals surface area contributed by atoms with Crippen LogP contribution in [0.2, 0.25) is 0 Å². The van der Waals surface area contributed by atoms with Crippen LogP contribution in [0, 0.1) is 0 Å². The predicted molar refractivity (Wildman–Crippen MR) is 78.1 cm³/mol. The molecule has 0 fully saturated rings. The van der Waals surface area contributed by atoms with Crippen molar-refractivity contribution in [2.24, 2.45) is 0 Å². The summed E-state index contributed by atoms with van der Waals surface area (Å²) >= 11 is 0. The number of nitrogens with zero attached hydrogens (tertiary/aromatic N) is 2. The van der Waals surface area contributed by atoms with Crippen molar-refractivity contribution in [3.8, 4) is 11.6 Å². The molecule has 106 valence electrons. The van der Waals surface area contributed by atoms with E-state index in [1.165, 1.54) is 5.56 Å². The molecule has 20 heavy (non-hydrogen) atoms. The lowest BCUT2D eigenvalue weighted by atomic mass is 10.1. The highest BCUT2D eigenvalue weighted by Gasteiger charge is 2.04. The molecule has 0 aliphatic carbocycles. The Labute approximate surface area is 118 Å². The van der Waals surface area contributed by atoms with E-state index in [1.807, 2.05) is 24.3 Å². The second-order valence-corrected chi connectivity index (χ2v) is 4.19. The number of nitrogen functional groups attached to an aromatic ring is 1. The standard InChI is InChI=1S/C14H18N4O2/c1-16-12-9-13(18-14(15)17-12)20-11-5-3-10(4-6-11)7-8-19-2/h3-6,9H,7-8H2,1-2H3,(H3,15,16,17,18). The monoisotopic (exact) mass is 274 g/mol. The summed E-state index contributed by atoms with van der Waals surface area (Å²) in [7, 11) is 3.45. The van der Waals surface area contributed by atoms with Crippen molar-refractivity contribution >= 4 is 11.8 Å². The molecule has 0 saturated carbocycles. The molecule has 6 heteroatoms. The first-order valence-electron chi connectivity index (χ1n) is 6.29. The van der Waals surface area contributed by atoms with Crippen LogP contribution in [0.4, 0.5) is 11.8 Å². The van der Waals surface area contributed by atoms with Crippen LogP contribution in [-0.2, 0) is 11.2 Å². The van der Waals surface area contributed by atoms with E-state index in [2.05, 4.69) is 15.3 Å². The van der Waals surface area contributed by atoms with Gasteiger partial charge in [0.1, 0.15) is 11.6 Å². The van der Waals surface area contributed by atoms with E-state index in [0.29, 0.717) is 24.1 Å². The molecule has 0 saturated heterocycles. The lowest BCUT2D eigenvalue weighted by Gasteiger charge is -2.08. The van der Waals surface area contributed by atoms with Crippen molar-refractivity contribution in [3.05, 3.63) is 35.9 Å². The van der Waals surface area contributed by atoms with Crippen LogP contribution in [0.25, 0.3) is 0 Å². The lowest BCUT2D eigenvalue weighted by molar-refractivity contribution is 0.202. The number of hydrogen-bond acceptors (Lipinski definition) is 6. The van der Waals surface area contributed by atoms with Gasteiger partial charge in [0, 0.05) is 20.2 Å². The van der Waals surface area contributed by atoms with Crippen LogP contribution in [0.5, 0.6) is 11.6 Å². The maximum absolute atomic E-state index is 5.66. The molecule has 0 unspecified atom stereocenters. The van der Waals surface area contributed by atoms with Gasteiger partial charge in [-0.25, -0.2) is 0 Å². The van der Waals surface area contributed by atoms with E-state index < -0.39 is 0 Å². The van der Waals surface area contributed by atoms with Crippen molar-refractivity contribution < 1.29 is 9.47 Å². The first-order valence-corrected chi connectivity index (χ1v) is 6.29. The van der Waals surface area contributed by atoms with Crippen molar-refractivity contribution in [2.75, 3.05) is 31.8 Å². The molecule has 0 spiro atoms. The maximum atomic E-state index is 5.66. The third kappa shape index (κ3) is 3.83. The molecule has 0 bridgehead atoms. The minimum Gasteiger partial charge on any atom is -0.439 e. The number of aromatic nitrogens is 2. The quantitative estimate of drug-likeness (QED) is 0.839. The fraction of sp³-hybridized carbons (Fsp3) is 0.286. The number of nitrogens with two attached hydrogens (primary N) is 1. The van der Waals surface area contributed by atoms with E-state index in [-0.39, 0.29) is 5.95 Å². The smallest absolute Gasteiger partial charge is 0.226 e. The van der Waals surface area contributed by atoms with Crippen LogP contribution in [0.15, 0.2) is 30.3 Å². The molecule has 6 nitrogen and oxygen atoms in total. The fourth-order valence-corrected chi connectivity index (χ4v) is 1.69. The molecule has 3 N–H and O–H groups in total. The molecule has 0 amide bonds. The summed E-state index contributed by atoms with van der Waals surface area (Å²) in [4.78, 5) is 8.04. The van der Waals surface area contributed by atoms with Crippen LogP contribution >= 0.6 is 0 Å². The van der Waals surface area contributed by atoms with Crippen LogP contribution in [-0.4, -0.2) is 30.7 Å². The van der Waals surface area contributed by atoms with Crippen LogP contribution in [0.1, 0.15) is 5.56 Å². The highest BCUT2D eigenvalue weighted by molar-refractivity contribution is 5.43. The summed E-state index contributed by atoms with van der Waals surface area (Å²) in [6.07, 6.45) is 0.876. The van der Waals surface area contributed by atoms with E-state index in [9.17, 15) is 0 Å². The minimum atomic E-state index is 0.170. The maximum Gasteiger partial charge on any atom is 0.226 e. The molecule has 1 aromatic carbocycles. The third-order valence-corrected chi connectivity index (χ3v) is 2.72. The van der Waals surface area contributed by atoms with Gasteiger partial charge in [-0.2, -0.15) is 9.97 Å². The van der Waals surface area contributed by atoms with E-state index in [4.69, 9.17) is 15.2 Å². The zero-order valence-corrected chi connectivity index (χ0v) is 11.6.